The Labute approximate surface area is 126 Å². The van der Waals surface area contributed by atoms with E-state index in [1.165, 1.54) is 6.26 Å². The summed E-state index contributed by atoms with van der Waals surface area (Å²) in [4.78, 5) is 2.17. The van der Waals surface area contributed by atoms with Crippen LogP contribution in [0, 0.1) is 0 Å². The molecule has 2 unspecified atom stereocenters. The van der Waals surface area contributed by atoms with Crippen molar-refractivity contribution in [2.75, 3.05) is 36.5 Å². The molecule has 1 aromatic rings. The molecule has 1 aliphatic rings. The highest BCUT2D eigenvalue weighted by Crippen LogP contribution is 2.33. The quantitative estimate of drug-likeness (QED) is 0.847. The van der Waals surface area contributed by atoms with E-state index in [-0.39, 0.29) is 16.8 Å². The molecular weight excluding hydrogens is 290 g/mol. The largest absolute Gasteiger partial charge is 0.383 e. The highest BCUT2D eigenvalue weighted by molar-refractivity contribution is 7.91. The first-order valence-electron chi connectivity index (χ1n) is 7.32. The van der Waals surface area contributed by atoms with Gasteiger partial charge >= 0.3 is 0 Å². The lowest BCUT2D eigenvalue weighted by Crippen LogP contribution is -2.49. The minimum Gasteiger partial charge on any atom is -0.383 e. The van der Waals surface area contributed by atoms with Crippen LogP contribution in [0.2, 0.25) is 0 Å². The number of hydrogen-bond acceptors (Lipinski definition) is 6. The lowest BCUT2D eigenvalue weighted by molar-refractivity contribution is 0.465. The van der Waals surface area contributed by atoms with Crippen molar-refractivity contribution < 1.29 is 8.42 Å². The molecule has 0 aliphatic carbocycles. The van der Waals surface area contributed by atoms with E-state index in [2.05, 4.69) is 17.3 Å². The van der Waals surface area contributed by atoms with Gasteiger partial charge in [-0.3, -0.25) is 0 Å². The van der Waals surface area contributed by atoms with Gasteiger partial charge in [-0.05, 0) is 20.3 Å². The number of nitrogens with one attached hydrogen (secondary N) is 1. The first-order chi connectivity index (χ1) is 9.75. The van der Waals surface area contributed by atoms with Crippen molar-refractivity contribution in [1.82, 2.24) is 15.1 Å². The lowest BCUT2D eigenvalue weighted by Gasteiger charge is -2.32. The standard InChI is InChI=1S/C13H25N5O2S/c1-5-10(3)18-12(14)11(21(4,19)20)13(16-18)17-7-6-15-9(2)8-17/h9-10,15H,5-8,14H2,1-4H3. The predicted molar refractivity (Wildman–Crippen MR) is 84.4 cm³/mol. The molecule has 0 bridgehead atoms. The summed E-state index contributed by atoms with van der Waals surface area (Å²) >= 11 is 0. The van der Waals surface area contributed by atoms with Gasteiger partial charge < -0.3 is 16.0 Å². The molecule has 1 aliphatic heterocycles. The van der Waals surface area contributed by atoms with Gasteiger partial charge in [0.15, 0.2) is 20.6 Å². The molecule has 2 heterocycles. The van der Waals surface area contributed by atoms with E-state index in [4.69, 9.17) is 5.73 Å². The van der Waals surface area contributed by atoms with Crippen molar-refractivity contribution in [3.05, 3.63) is 0 Å². The Hall–Kier alpha value is -1.28. The minimum absolute atomic E-state index is 0.0691. The second kappa shape index (κ2) is 5.84. The van der Waals surface area contributed by atoms with E-state index in [1.54, 1.807) is 4.68 Å². The first-order valence-corrected chi connectivity index (χ1v) is 9.21. The van der Waals surface area contributed by atoms with Crippen molar-refractivity contribution in [3.8, 4) is 0 Å². The normalized spacial score (nSPS) is 21.5. The van der Waals surface area contributed by atoms with Gasteiger partial charge in [0, 0.05) is 31.9 Å². The number of nitrogen functional groups attached to an aromatic ring is 1. The van der Waals surface area contributed by atoms with Crippen LogP contribution in [0.1, 0.15) is 33.2 Å². The van der Waals surface area contributed by atoms with Crippen molar-refractivity contribution in [3.63, 3.8) is 0 Å². The van der Waals surface area contributed by atoms with Crippen LogP contribution in [0.4, 0.5) is 11.6 Å². The molecule has 2 atom stereocenters. The second-order valence-electron chi connectivity index (χ2n) is 5.81. The highest BCUT2D eigenvalue weighted by Gasteiger charge is 2.30. The molecule has 0 aromatic carbocycles. The van der Waals surface area contributed by atoms with Gasteiger partial charge in [0.05, 0.1) is 6.04 Å². The van der Waals surface area contributed by atoms with Crippen LogP contribution in [0.15, 0.2) is 4.90 Å². The number of aromatic nitrogens is 2. The maximum Gasteiger partial charge on any atom is 0.182 e. The molecule has 0 spiro atoms. The number of piperazine rings is 1. The molecule has 21 heavy (non-hydrogen) atoms. The van der Waals surface area contributed by atoms with Crippen LogP contribution in [0.3, 0.4) is 0 Å². The fourth-order valence-corrected chi connectivity index (χ4v) is 3.59. The molecule has 1 aromatic heterocycles. The summed E-state index contributed by atoms with van der Waals surface area (Å²) in [5, 5.41) is 7.85. The van der Waals surface area contributed by atoms with Crippen molar-refractivity contribution in [2.24, 2.45) is 0 Å². The van der Waals surface area contributed by atoms with Crippen molar-refractivity contribution >= 4 is 21.5 Å². The summed E-state index contributed by atoms with van der Waals surface area (Å²) in [7, 11) is -3.42. The molecule has 3 N–H and O–H groups in total. The number of hydrogen-bond donors (Lipinski definition) is 2. The van der Waals surface area contributed by atoms with Gasteiger partial charge in [0.25, 0.3) is 0 Å². The Morgan fingerprint density at radius 1 is 1.52 bits per heavy atom. The number of anilines is 2. The van der Waals surface area contributed by atoms with Crippen molar-refractivity contribution in [1.29, 1.82) is 0 Å². The third kappa shape index (κ3) is 3.16. The van der Waals surface area contributed by atoms with E-state index in [1.807, 2.05) is 18.7 Å². The summed E-state index contributed by atoms with van der Waals surface area (Å²) in [5.74, 6) is 0.733. The fraction of sp³-hybridized carbons (Fsp3) is 0.769. The third-order valence-corrected chi connectivity index (χ3v) is 5.07. The number of sulfone groups is 1. The first kappa shape index (κ1) is 16.1. The molecule has 8 heteroatoms. The Bertz CT molecular complexity index is 610. The maximum atomic E-state index is 12.1. The Balaban J connectivity index is 2.53. The van der Waals surface area contributed by atoms with Crippen molar-refractivity contribution in [2.45, 2.75) is 44.2 Å². The number of rotatable bonds is 4. The van der Waals surface area contributed by atoms with Crippen LogP contribution in [0.5, 0.6) is 0 Å². The predicted octanol–water partition coefficient (Wildman–Crippen LogP) is 0.638. The molecule has 0 amide bonds. The second-order valence-corrected chi connectivity index (χ2v) is 7.77. The molecule has 7 nitrogen and oxygen atoms in total. The molecule has 2 rings (SSSR count). The van der Waals surface area contributed by atoms with Crippen LogP contribution < -0.4 is 16.0 Å². The van der Waals surface area contributed by atoms with E-state index in [0.29, 0.717) is 11.9 Å². The van der Waals surface area contributed by atoms with Gasteiger partial charge in [-0.2, -0.15) is 5.10 Å². The zero-order valence-electron chi connectivity index (χ0n) is 13.1. The minimum atomic E-state index is -3.42. The third-order valence-electron chi connectivity index (χ3n) is 3.93. The molecule has 1 fully saturated rings. The van der Waals surface area contributed by atoms with Crippen LogP contribution in [-0.2, 0) is 9.84 Å². The molecular formula is C13H25N5O2S. The summed E-state index contributed by atoms with van der Waals surface area (Å²) in [6, 6.07) is 0.362. The Morgan fingerprint density at radius 3 is 2.71 bits per heavy atom. The topological polar surface area (TPSA) is 93.2 Å². The molecule has 1 saturated heterocycles. The number of nitrogens with two attached hydrogens (primary N) is 1. The SMILES string of the molecule is CCC(C)n1nc(N2CCNC(C)C2)c(S(C)(=O)=O)c1N. The van der Waals surface area contributed by atoms with Crippen LogP contribution >= 0.6 is 0 Å². The molecule has 0 saturated carbocycles. The fourth-order valence-electron chi connectivity index (χ4n) is 2.62. The maximum absolute atomic E-state index is 12.1. The van der Waals surface area contributed by atoms with E-state index in [0.717, 1.165) is 26.1 Å². The van der Waals surface area contributed by atoms with E-state index in [9.17, 15) is 8.42 Å². The van der Waals surface area contributed by atoms with Gasteiger partial charge in [0.2, 0.25) is 0 Å². The number of nitrogens with zero attached hydrogens (tertiary/aromatic N) is 3. The average Bonchev–Trinajstić information content (AvgIpc) is 2.75. The highest BCUT2D eigenvalue weighted by atomic mass is 32.2. The van der Waals surface area contributed by atoms with E-state index >= 15 is 0 Å². The van der Waals surface area contributed by atoms with Crippen LogP contribution in [0.25, 0.3) is 0 Å². The van der Waals surface area contributed by atoms with E-state index < -0.39 is 9.84 Å². The van der Waals surface area contributed by atoms with Gasteiger partial charge in [0.1, 0.15) is 5.82 Å². The van der Waals surface area contributed by atoms with Gasteiger partial charge in [-0.15, -0.1) is 0 Å². The van der Waals surface area contributed by atoms with Gasteiger partial charge in [-0.1, -0.05) is 6.92 Å². The summed E-state index contributed by atoms with van der Waals surface area (Å²) in [6.07, 6.45) is 2.03. The zero-order chi connectivity index (χ0) is 15.8. The molecule has 0 radical (unpaired) electrons. The van der Waals surface area contributed by atoms with Crippen LogP contribution in [-0.4, -0.2) is 50.1 Å². The summed E-state index contributed by atoms with van der Waals surface area (Å²) in [6.45, 7) is 8.34. The monoisotopic (exact) mass is 315 g/mol. The Morgan fingerprint density at radius 2 is 2.19 bits per heavy atom. The summed E-state index contributed by atoms with van der Waals surface area (Å²) < 4.78 is 25.9. The molecule has 120 valence electrons. The van der Waals surface area contributed by atoms with Gasteiger partial charge in [-0.25, -0.2) is 13.1 Å². The Kier molecular flexibility index (Phi) is 4.48. The average molecular weight is 315 g/mol. The lowest BCUT2D eigenvalue weighted by atomic mass is 10.2. The zero-order valence-corrected chi connectivity index (χ0v) is 13.9. The smallest absolute Gasteiger partial charge is 0.182 e. The summed E-state index contributed by atoms with van der Waals surface area (Å²) in [5.41, 5.74) is 6.09.